The lowest BCUT2D eigenvalue weighted by atomic mass is 10.0. The van der Waals surface area contributed by atoms with Crippen LogP contribution in [-0.2, 0) is 6.54 Å². The third-order valence-electron chi connectivity index (χ3n) is 3.23. The van der Waals surface area contributed by atoms with E-state index in [2.05, 4.69) is 22.1 Å². The summed E-state index contributed by atoms with van der Waals surface area (Å²) in [5, 5.41) is 3.08. The van der Waals surface area contributed by atoms with Gasteiger partial charge in [0.15, 0.2) is 0 Å². The maximum atomic E-state index is 5.78. The van der Waals surface area contributed by atoms with Gasteiger partial charge < -0.3 is 9.73 Å². The molecule has 1 atom stereocenters. The van der Waals surface area contributed by atoms with E-state index in [0.29, 0.717) is 6.04 Å². The Hall–Kier alpha value is -0.870. The summed E-state index contributed by atoms with van der Waals surface area (Å²) in [6.45, 7) is 5.21. The Morgan fingerprint density at radius 1 is 1.56 bits per heavy atom. The van der Waals surface area contributed by atoms with Crippen molar-refractivity contribution < 1.29 is 4.42 Å². The van der Waals surface area contributed by atoms with Crippen LogP contribution in [0.3, 0.4) is 0 Å². The van der Waals surface area contributed by atoms with Crippen LogP contribution in [0.25, 0.3) is 0 Å². The zero-order valence-electron chi connectivity index (χ0n) is 10.2. The monoisotopic (exact) mass is 223 g/mol. The van der Waals surface area contributed by atoms with Gasteiger partial charge in [0.1, 0.15) is 5.76 Å². The van der Waals surface area contributed by atoms with Gasteiger partial charge in [0.05, 0.1) is 18.8 Å². The van der Waals surface area contributed by atoms with Gasteiger partial charge >= 0.3 is 0 Å². The van der Waals surface area contributed by atoms with Gasteiger partial charge in [-0.05, 0) is 33.0 Å². The molecule has 0 aromatic carbocycles. The van der Waals surface area contributed by atoms with Gasteiger partial charge in [-0.25, -0.2) is 4.98 Å². The number of nitrogens with one attached hydrogen (secondary N) is 1. The van der Waals surface area contributed by atoms with Crippen LogP contribution in [-0.4, -0.2) is 30.0 Å². The Kier molecular flexibility index (Phi) is 3.96. The minimum absolute atomic E-state index is 0.393. The van der Waals surface area contributed by atoms with Crippen molar-refractivity contribution in [3.05, 3.63) is 17.8 Å². The molecule has 0 spiro atoms. The molecule has 90 valence electrons. The topological polar surface area (TPSA) is 41.3 Å². The summed E-state index contributed by atoms with van der Waals surface area (Å²) in [7, 11) is 1.92. The maximum absolute atomic E-state index is 5.78. The Labute approximate surface area is 97.0 Å². The number of hydrogen-bond acceptors (Lipinski definition) is 4. The smallest absolute Gasteiger partial charge is 0.211 e. The third-order valence-corrected chi connectivity index (χ3v) is 3.23. The summed E-state index contributed by atoms with van der Waals surface area (Å²) in [6.07, 6.45) is 5.60. The lowest BCUT2D eigenvalue weighted by molar-refractivity contribution is 0.131. The van der Waals surface area contributed by atoms with Crippen LogP contribution in [0.1, 0.15) is 43.9 Å². The molecule has 16 heavy (non-hydrogen) atoms. The summed E-state index contributed by atoms with van der Waals surface area (Å²) in [4.78, 5) is 6.87. The van der Waals surface area contributed by atoms with Crippen LogP contribution in [0.2, 0.25) is 0 Å². The van der Waals surface area contributed by atoms with Crippen molar-refractivity contribution in [2.75, 3.05) is 20.1 Å². The van der Waals surface area contributed by atoms with Crippen molar-refractivity contribution in [2.24, 2.45) is 0 Å². The van der Waals surface area contributed by atoms with Crippen molar-refractivity contribution in [3.8, 4) is 0 Å². The third kappa shape index (κ3) is 2.44. The molecule has 1 aromatic rings. The van der Waals surface area contributed by atoms with E-state index in [1.165, 1.54) is 25.8 Å². The van der Waals surface area contributed by atoms with Crippen molar-refractivity contribution in [3.63, 3.8) is 0 Å². The summed E-state index contributed by atoms with van der Waals surface area (Å²) in [5.74, 6) is 1.82. The molecule has 1 aliphatic rings. The van der Waals surface area contributed by atoms with Crippen molar-refractivity contribution >= 4 is 0 Å². The summed E-state index contributed by atoms with van der Waals surface area (Å²) in [5.41, 5.74) is 0. The van der Waals surface area contributed by atoms with Gasteiger partial charge in [-0.15, -0.1) is 0 Å². The zero-order valence-corrected chi connectivity index (χ0v) is 10.2. The molecule has 1 saturated heterocycles. The number of hydrogen-bond donors (Lipinski definition) is 1. The second kappa shape index (κ2) is 5.46. The molecule has 2 heterocycles. The zero-order chi connectivity index (χ0) is 11.4. The van der Waals surface area contributed by atoms with Crippen LogP contribution in [0, 0.1) is 0 Å². The summed E-state index contributed by atoms with van der Waals surface area (Å²) in [6, 6.07) is 0.393. The molecule has 1 unspecified atom stereocenters. The van der Waals surface area contributed by atoms with Crippen molar-refractivity contribution in [1.29, 1.82) is 0 Å². The first-order chi connectivity index (χ1) is 7.85. The Morgan fingerprint density at radius 3 is 3.19 bits per heavy atom. The first kappa shape index (κ1) is 11.6. The molecule has 0 amide bonds. The molecular formula is C12H21N3O. The van der Waals surface area contributed by atoms with E-state index in [1.54, 1.807) is 0 Å². The van der Waals surface area contributed by atoms with Gasteiger partial charge in [0.25, 0.3) is 0 Å². The van der Waals surface area contributed by atoms with Gasteiger partial charge in [-0.2, -0.15) is 0 Å². The van der Waals surface area contributed by atoms with E-state index in [-0.39, 0.29) is 0 Å². The van der Waals surface area contributed by atoms with Gasteiger partial charge in [0.2, 0.25) is 5.89 Å². The number of piperidine rings is 1. The molecule has 4 nitrogen and oxygen atoms in total. The standard InChI is InChI=1S/C12H21N3O/c1-3-15-7-5-4-6-11(15)12-14-9-10(16-12)8-13-2/h9,11,13H,3-8H2,1-2H3. The number of likely N-dealkylation sites (tertiary alicyclic amines) is 1. The number of aromatic nitrogens is 1. The molecule has 4 heteroatoms. The maximum Gasteiger partial charge on any atom is 0.211 e. The van der Waals surface area contributed by atoms with E-state index in [4.69, 9.17) is 4.42 Å². The lowest BCUT2D eigenvalue weighted by Crippen LogP contribution is -2.33. The minimum Gasteiger partial charge on any atom is -0.443 e. The highest BCUT2D eigenvalue weighted by Gasteiger charge is 2.26. The van der Waals surface area contributed by atoms with Crippen LogP contribution >= 0.6 is 0 Å². The van der Waals surface area contributed by atoms with Gasteiger partial charge in [-0.3, -0.25) is 4.90 Å². The van der Waals surface area contributed by atoms with E-state index < -0.39 is 0 Å². The average Bonchev–Trinajstić information content (AvgIpc) is 2.78. The highest BCUT2D eigenvalue weighted by Crippen LogP contribution is 2.29. The largest absolute Gasteiger partial charge is 0.443 e. The SMILES string of the molecule is CCN1CCCCC1c1ncc(CNC)o1. The quantitative estimate of drug-likeness (QED) is 0.847. The minimum atomic E-state index is 0.393. The molecular weight excluding hydrogens is 202 g/mol. The van der Waals surface area contributed by atoms with Gasteiger partial charge in [0, 0.05) is 0 Å². The van der Waals surface area contributed by atoms with Crippen LogP contribution in [0.15, 0.2) is 10.6 Å². The highest BCUT2D eigenvalue weighted by atomic mass is 16.4. The molecule has 1 N–H and O–H groups in total. The van der Waals surface area contributed by atoms with E-state index in [9.17, 15) is 0 Å². The van der Waals surface area contributed by atoms with Crippen molar-refractivity contribution in [1.82, 2.24) is 15.2 Å². The number of oxazole rings is 1. The number of rotatable bonds is 4. The molecule has 0 aliphatic carbocycles. The Morgan fingerprint density at radius 2 is 2.44 bits per heavy atom. The predicted octanol–water partition coefficient (Wildman–Crippen LogP) is 1.94. The van der Waals surface area contributed by atoms with E-state index in [1.807, 2.05) is 13.2 Å². The first-order valence-electron chi connectivity index (χ1n) is 6.18. The van der Waals surface area contributed by atoms with Crippen LogP contribution in [0.5, 0.6) is 0 Å². The normalized spacial score (nSPS) is 22.5. The number of nitrogens with zero attached hydrogens (tertiary/aromatic N) is 2. The second-order valence-corrected chi connectivity index (χ2v) is 4.34. The summed E-state index contributed by atoms with van der Waals surface area (Å²) >= 11 is 0. The van der Waals surface area contributed by atoms with E-state index in [0.717, 1.165) is 24.7 Å². The lowest BCUT2D eigenvalue weighted by Gasteiger charge is -2.32. The fourth-order valence-electron chi connectivity index (χ4n) is 2.38. The second-order valence-electron chi connectivity index (χ2n) is 4.34. The Bertz CT molecular complexity index is 324. The summed E-state index contributed by atoms with van der Waals surface area (Å²) < 4.78 is 5.78. The van der Waals surface area contributed by atoms with E-state index >= 15 is 0 Å². The van der Waals surface area contributed by atoms with Gasteiger partial charge in [-0.1, -0.05) is 13.3 Å². The molecule has 1 aliphatic heterocycles. The highest BCUT2D eigenvalue weighted by molar-refractivity contribution is 4.99. The average molecular weight is 223 g/mol. The van der Waals surface area contributed by atoms with Crippen LogP contribution < -0.4 is 5.32 Å². The predicted molar refractivity (Wildman–Crippen MR) is 63.1 cm³/mol. The molecule has 0 bridgehead atoms. The fraction of sp³-hybridized carbons (Fsp3) is 0.750. The molecule has 1 aromatic heterocycles. The van der Waals surface area contributed by atoms with Crippen molar-refractivity contribution in [2.45, 2.75) is 38.8 Å². The molecule has 2 rings (SSSR count). The molecule has 0 radical (unpaired) electrons. The first-order valence-corrected chi connectivity index (χ1v) is 6.18. The molecule has 1 fully saturated rings. The Balaban J connectivity index is 2.08. The fourth-order valence-corrected chi connectivity index (χ4v) is 2.38. The molecule has 0 saturated carbocycles. The van der Waals surface area contributed by atoms with Crippen LogP contribution in [0.4, 0.5) is 0 Å².